The zero-order chi connectivity index (χ0) is 13.2. The standard InChI is InChI=1S/C16H18O2Se/c1-11(19-12-5-3-2-4-6-12)9-14-13-7-8-18-16(13)10-15(14)17/h2-6,10-11,13-14H,7-9H2,1H3. The third-order valence-corrected chi connectivity index (χ3v) is 6.26. The molecule has 3 heteroatoms. The van der Waals surface area contributed by atoms with E-state index in [4.69, 9.17) is 4.74 Å². The first-order valence-electron chi connectivity index (χ1n) is 6.84. The molecule has 100 valence electrons. The molecule has 0 radical (unpaired) electrons. The van der Waals surface area contributed by atoms with Gasteiger partial charge in [0.2, 0.25) is 0 Å². The molecular formula is C16H18O2Se. The number of allylic oxidation sites excluding steroid dienone is 2. The Bertz CT molecular complexity index is 495. The van der Waals surface area contributed by atoms with Gasteiger partial charge < -0.3 is 0 Å². The molecule has 1 aromatic rings. The van der Waals surface area contributed by atoms with Crippen molar-refractivity contribution in [3.63, 3.8) is 0 Å². The van der Waals surface area contributed by atoms with Crippen LogP contribution in [0.2, 0.25) is 4.82 Å². The van der Waals surface area contributed by atoms with Gasteiger partial charge in [-0.3, -0.25) is 0 Å². The van der Waals surface area contributed by atoms with Gasteiger partial charge in [-0.2, -0.15) is 0 Å². The minimum atomic E-state index is 0.179. The summed E-state index contributed by atoms with van der Waals surface area (Å²) in [6, 6.07) is 10.6. The SMILES string of the molecule is CC(CC1C(=O)C=C2OCCC21)[Se]c1ccccc1. The molecule has 1 saturated heterocycles. The third-order valence-electron chi connectivity index (χ3n) is 3.87. The fourth-order valence-corrected chi connectivity index (χ4v) is 5.24. The normalized spacial score (nSPS) is 26.8. The zero-order valence-corrected chi connectivity index (χ0v) is 12.8. The zero-order valence-electron chi connectivity index (χ0n) is 11.0. The molecule has 3 unspecified atom stereocenters. The van der Waals surface area contributed by atoms with Crippen molar-refractivity contribution in [3.05, 3.63) is 42.2 Å². The van der Waals surface area contributed by atoms with Crippen molar-refractivity contribution in [2.75, 3.05) is 6.61 Å². The van der Waals surface area contributed by atoms with Crippen LogP contribution < -0.4 is 4.46 Å². The Labute approximate surface area is 120 Å². The summed E-state index contributed by atoms with van der Waals surface area (Å²) in [4.78, 5) is 12.6. The van der Waals surface area contributed by atoms with Crippen molar-refractivity contribution in [2.24, 2.45) is 11.8 Å². The monoisotopic (exact) mass is 322 g/mol. The Balaban J connectivity index is 1.61. The predicted molar refractivity (Wildman–Crippen MR) is 76.5 cm³/mol. The van der Waals surface area contributed by atoms with Gasteiger partial charge >= 0.3 is 120 Å². The van der Waals surface area contributed by atoms with Gasteiger partial charge in [0.25, 0.3) is 0 Å². The second-order valence-electron chi connectivity index (χ2n) is 5.28. The number of benzene rings is 1. The fraction of sp³-hybridized carbons (Fsp3) is 0.438. The molecule has 19 heavy (non-hydrogen) atoms. The van der Waals surface area contributed by atoms with Crippen LogP contribution in [0.25, 0.3) is 0 Å². The van der Waals surface area contributed by atoms with Crippen molar-refractivity contribution < 1.29 is 9.53 Å². The van der Waals surface area contributed by atoms with Crippen LogP contribution in [0.5, 0.6) is 0 Å². The molecule has 0 bridgehead atoms. The molecule has 3 rings (SSSR count). The number of fused-ring (bicyclic) bond motifs is 1. The Hall–Kier alpha value is -1.05. The van der Waals surface area contributed by atoms with Crippen molar-refractivity contribution in [2.45, 2.75) is 24.6 Å². The molecule has 0 amide bonds. The maximum atomic E-state index is 12.0. The topological polar surface area (TPSA) is 26.3 Å². The molecule has 1 aromatic carbocycles. The molecule has 0 spiro atoms. The first kappa shape index (κ1) is 13.0. The molecule has 3 atom stereocenters. The second-order valence-corrected chi connectivity index (χ2v) is 8.45. The Morgan fingerprint density at radius 2 is 2.16 bits per heavy atom. The first-order valence-corrected chi connectivity index (χ1v) is 8.68. The van der Waals surface area contributed by atoms with E-state index in [-0.39, 0.29) is 11.7 Å². The van der Waals surface area contributed by atoms with E-state index in [0.29, 0.717) is 25.7 Å². The van der Waals surface area contributed by atoms with Gasteiger partial charge in [0, 0.05) is 0 Å². The summed E-state index contributed by atoms with van der Waals surface area (Å²) in [7, 11) is 0. The second kappa shape index (κ2) is 5.52. The van der Waals surface area contributed by atoms with Gasteiger partial charge in [-0.15, -0.1) is 0 Å². The number of hydrogen-bond donors (Lipinski definition) is 0. The van der Waals surface area contributed by atoms with E-state index >= 15 is 0 Å². The summed E-state index contributed by atoms with van der Waals surface area (Å²) in [6.07, 6.45) is 3.76. The van der Waals surface area contributed by atoms with Crippen LogP contribution >= 0.6 is 0 Å². The number of ketones is 1. The van der Waals surface area contributed by atoms with Crippen LogP contribution in [0.3, 0.4) is 0 Å². The van der Waals surface area contributed by atoms with Crippen molar-refractivity contribution in [1.29, 1.82) is 0 Å². The van der Waals surface area contributed by atoms with Crippen molar-refractivity contribution >= 4 is 25.2 Å². The molecule has 1 fully saturated rings. The first-order chi connectivity index (χ1) is 9.24. The summed E-state index contributed by atoms with van der Waals surface area (Å²) in [6.45, 7) is 3.06. The van der Waals surface area contributed by atoms with Gasteiger partial charge in [-0.05, 0) is 0 Å². The Morgan fingerprint density at radius 1 is 1.37 bits per heavy atom. The average Bonchev–Trinajstić information content (AvgIpc) is 2.94. The van der Waals surface area contributed by atoms with Crippen molar-refractivity contribution in [3.8, 4) is 0 Å². The number of ether oxygens (including phenoxy) is 1. The minimum absolute atomic E-state index is 0.179. The van der Waals surface area contributed by atoms with Crippen LogP contribution in [-0.2, 0) is 9.53 Å². The average molecular weight is 321 g/mol. The molecule has 0 N–H and O–H groups in total. The summed E-state index contributed by atoms with van der Waals surface area (Å²) in [5.74, 6) is 1.80. The quantitative estimate of drug-likeness (QED) is 0.796. The fourth-order valence-electron chi connectivity index (χ4n) is 2.96. The Morgan fingerprint density at radius 3 is 2.95 bits per heavy atom. The van der Waals surface area contributed by atoms with Crippen LogP contribution in [0.4, 0.5) is 0 Å². The van der Waals surface area contributed by atoms with Gasteiger partial charge in [-0.1, -0.05) is 0 Å². The van der Waals surface area contributed by atoms with E-state index in [1.54, 1.807) is 6.08 Å². The molecule has 2 aliphatic rings. The molecule has 0 aromatic heterocycles. The summed E-state index contributed by atoms with van der Waals surface area (Å²) in [5, 5.41) is 0. The Kier molecular flexibility index (Phi) is 3.76. The molecule has 1 heterocycles. The van der Waals surface area contributed by atoms with Gasteiger partial charge in [0.1, 0.15) is 0 Å². The molecule has 1 aliphatic carbocycles. The van der Waals surface area contributed by atoms with E-state index in [1.165, 1.54) is 4.46 Å². The van der Waals surface area contributed by atoms with E-state index in [2.05, 4.69) is 37.3 Å². The van der Waals surface area contributed by atoms with E-state index in [0.717, 1.165) is 25.2 Å². The predicted octanol–water partition coefficient (Wildman–Crippen LogP) is 2.33. The number of hydrogen-bond acceptors (Lipinski definition) is 2. The third kappa shape index (κ3) is 2.77. The van der Waals surface area contributed by atoms with Crippen LogP contribution in [0.15, 0.2) is 42.2 Å². The summed E-state index contributed by atoms with van der Waals surface area (Å²) in [5.41, 5.74) is 0. The molecule has 1 aliphatic heterocycles. The molecule has 2 nitrogen and oxygen atoms in total. The number of carbonyl (C=O) groups excluding carboxylic acids is 1. The maximum absolute atomic E-state index is 12.0. The number of rotatable bonds is 4. The van der Waals surface area contributed by atoms with Gasteiger partial charge in [0.15, 0.2) is 0 Å². The van der Waals surface area contributed by atoms with Gasteiger partial charge in [-0.25, -0.2) is 0 Å². The van der Waals surface area contributed by atoms with Crippen LogP contribution in [0.1, 0.15) is 19.8 Å². The van der Waals surface area contributed by atoms with E-state index in [1.807, 2.05) is 0 Å². The summed E-state index contributed by atoms with van der Waals surface area (Å²) < 4.78 is 6.94. The van der Waals surface area contributed by atoms with Crippen molar-refractivity contribution in [1.82, 2.24) is 0 Å². The number of carbonyl (C=O) groups is 1. The van der Waals surface area contributed by atoms with E-state index in [9.17, 15) is 4.79 Å². The van der Waals surface area contributed by atoms with Gasteiger partial charge in [0.05, 0.1) is 0 Å². The van der Waals surface area contributed by atoms with Crippen LogP contribution in [-0.4, -0.2) is 27.3 Å². The van der Waals surface area contributed by atoms with E-state index < -0.39 is 0 Å². The molecule has 0 saturated carbocycles. The molecular weight excluding hydrogens is 303 g/mol. The summed E-state index contributed by atoms with van der Waals surface area (Å²) >= 11 is 0.448. The van der Waals surface area contributed by atoms with Crippen LogP contribution in [0, 0.1) is 11.8 Å².